The fourth-order valence-corrected chi connectivity index (χ4v) is 5.15. The summed E-state index contributed by atoms with van der Waals surface area (Å²) in [5, 5.41) is 1.19. The molecule has 2 atom stereocenters. The number of hydrogen-bond acceptors (Lipinski definition) is 5. The van der Waals surface area contributed by atoms with E-state index in [1.165, 1.54) is 20.9 Å². The number of thiazole rings is 1. The van der Waals surface area contributed by atoms with Crippen LogP contribution >= 0.6 is 11.3 Å². The fourth-order valence-electron chi connectivity index (χ4n) is 4.09. The topological polar surface area (TPSA) is 32.3 Å². The summed E-state index contributed by atoms with van der Waals surface area (Å²) in [5.41, 5.74) is 2.44. The van der Waals surface area contributed by atoms with Crippen LogP contribution in [0.1, 0.15) is 5.56 Å². The highest BCUT2D eigenvalue weighted by atomic mass is 32.1. The molecule has 0 N–H and O–H groups in total. The number of benzene rings is 1. The first kappa shape index (κ1) is 14.2. The Labute approximate surface area is 145 Å². The van der Waals surface area contributed by atoms with Gasteiger partial charge in [-0.05, 0) is 30.7 Å². The molecule has 0 saturated carbocycles. The quantitative estimate of drug-likeness (QED) is 0.716. The number of rotatable bonds is 2. The van der Waals surface area contributed by atoms with Crippen molar-refractivity contribution < 1.29 is 0 Å². The third-order valence-corrected chi connectivity index (χ3v) is 6.42. The number of hydrogen-bond donors (Lipinski definition) is 0. The lowest BCUT2D eigenvalue weighted by Crippen LogP contribution is -2.29. The van der Waals surface area contributed by atoms with E-state index in [4.69, 9.17) is 4.98 Å². The van der Waals surface area contributed by atoms with Crippen molar-refractivity contribution in [1.82, 2.24) is 9.97 Å². The van der Waals surface area contributed by atoms with Gasteiger partial charge in [-0.3, -0.25) is 0 Å². The molecule has 0 bridgehead atoms. The molecule has 24 heavy (non-hydrogen) atoms. The van der Waals surface area contributed by atoms with E-state index in [-0.39, 0.29) is 0 Å². The van der Waals surface area contributed by atoms with Gasteiger partial charge in [0.25, 0.3) is 0 Å². The Morgan fingerprint density at radius 1 is 0.958 bits per heavy atom. The van der Waals surface area contributed by atoms with Crippen molar-refractivity contribution in [2.75, 3.05) is 36.0 Å². The summed E-state index contributed by atoms with van der Waals surface area (Å²) in [6.45, 7) is 6.61. The van der Waals surface area contributed by atoms with Crippen LogP contribution in [-0.4, -0.2) is 36.1 Å². The van der Waals surface area contributed by atoms with E-state index in [1.54, 1.807) is 0 Å². The van der Waals surface area contributed by atoms with Gasteiger partial charge in [0.05, 0.1) is 10.2 Å². The van der Waals surface area contributed by atoms with Gasteiger partial charge in [-0.15, -0.1) is 0 Å². The molecular formula is C19H20N4S. The molecule has 0 aliphatic carbocycles. The monoisotopic (exact) mass is 336 g/mol. The molecule has 2 aliphatic rings. The molecule has 1 aromatic carbocycles. The van der Waals surface area contributed by atoms with Crippen molar-refractivity contribution in [3.05, 3.63) is 48.2 Å². The zero-order valence-corrected chi connectivity index (χ0v) is 14.5. The summed E-state index contributed by atoms with van der Waals surface area (Å²) >= 11 is 1.83. The SMILES string of the molecule is Cc1cccc2sc(N3CC4CN(c5ccccn5)CC4C3)nc12. The zero-order valence-electron chi connectivity index (χ0n) is 13.7. The predicted molar refractivity (Wildman–Crippen MR) is 100 cm³/mol. The first-order valence-corrected chi connectivity index (χ1v) is 9.36. The first-order valence-electron chi connectivity index (χ1n) is 8.55. The molecule has 122 valence electrons. The Balaban J connectivity index is 1.35. The van der Waals surface area contributed by atoms with Crippen LogP contribution in [0.3, 0.4) is 0 Å². The van der Waals surface area contributed by atoms with Crippen molar-refractivity contribution in [3.63, 3.8) is 0 Å². The molecule has 2 saturated heterocycles. The van der Waals surface area contributed by atoms with Crippen LogP contribution in [0, 0.1) is 18.8 Å². The second-order valence-electron chi connectivity index (χ2n) is 6.94. The number of nitrogens with zero attached hydrogens (tertiary/aromatic N) is 4. The molecule has 2 aromatic heterocycles. The summed E-state index contributed by atoms with van der Waals surface area (Å²) in [6, 6.07) is 12.6. The van der Waals surface area contributed by atoms with E-state index in [1.807, 2.05) is 23.6 Å². The Kier molecular flexibility index (Phi) is 3.23. The molecule has 4 nitrogen and oxygen atoms in total. The van der Waals surface area contributed by atoms with Gasteiger partial charge in [0.2, 0.25) is 0 Å². The third-order valence-electron chi connectivity index (χ3n) is 5.34. The molecular weight excluding hydrogens is 316 g/mol. The Morgan fingerprint density at radius 2 is 1.75 bits per heavy atom. The maximum atomic E-state index is 4.92. The van der Waals surface area contributed by atoms with Crippen LogP contribution < -0.4 is 9.80 Å². The van der Waals surface area contributed by atoms with Crippen molar-refractivity contribution in [3.8, 4) is 0 Å². The second kappa shape index (κ2) is 5.45. The first-order chi connectivity index (χ1) is 11.8. The average Bonchev–Trinajstić information content (AvgIpc) is 3.28. The van der Waals surface area contributed by atoms with E-state index in [9.17, 15) is 0 Å². The fraction of sp³-hybridized carbons (Fsp3) is 0.368. The number of pyridine rings is 1. The van der Waals surface area contributed by atoms with Gasteiger partial charge >= 0.3 is 0 Å². The predicted octanol–water partition coefficient (Wildman–Crippen LogP) is 3.57. The number of aryl methyl sites for hydroxylation is 1. The number of fused-ring (bicyclic) bond motifs is 2. The maximum absolute atomic E-state index is 4.92. The van der Waals surface area contributed by atoms with Crippen molar-refractivity contribution in [2.45, 2.75) is 6.92 Å². The average molecular weight is 336 g/mol. The molecule has 4 heterocycles. The number of aromatic nitrogens is 2. The smallest absolute Gasteiger partial charge is 0.186 e. The van der Waals surface area contributed by atoms with Gasteiger partial charge in [0.15, 0.2) is 5.13 Å². The van der Waals surface area contributed by atoms with Crippen LogP contribution in [0.25, 0.3) is 10.2 Å². The van der Waals surface area contributed by atoms with E-state index < -0.39 is 0 Å². The van der Waals surface area contributed by atoms with Crippen LogP contribution in [0.15, 0.2) is 42.6 Å². The van der Waals surface area contributed by atoms with Crippen LogP contribution in [0.5, 0.6) is 0 Å². The molecule has 2 aliphatic heterocycles. The summed E-state index contributed by atoms with van der Waals surface area (Å²) in [4.78, 5) is 14.4. The minimum Gasteiger partial charge on any atom is -0.356 e. The number of para-hydroxylation sites is 1. The molecule has 0 amide bonds. The lowest BCUT2D eigenvalue weighted by Gasteiger charge is -2.21. The highest BCUT2D eigenvalue weighted by molar-refractivity contribution is 7.22. The largest absolute Gasteiger partial charge is 0.356 e. The molecule has 5 rings (SSSR count). The lowest BCUT2D eigenvalue weighted by molar-refractivity contribution is 0.533. The van der Waals surface area contributed by atoms with Crippen LogP contribution in [0.4, 0.5) is 10.9 Å². The Bertz CT molecular complexity index is 861. The van der Waals surface area contributed by atoms with E-state index in [0.29, 0.717) is 0 Å². The van der Waals surface area contributed by atoms with Crippen LogP contribution in [-0.2, 0) is 0 Å². The van der Waals surface area contributed by atoms with Gasteiger partial charge < -0.3 is 9.80 Å². The standard InChI is InChI=1S/C19H20N4S/c1-13-5-4-6-16-18(13)21-19(24-16)23-11-14-9-22(10-15(14)12-23)17-7-2-3-8-20-17/h2-8,14-15H,9-12H2,1H3. The summed E-state index contributed by atoms with van der Waals surface area (Å²) < 4.78 is 1.30. The van der Waals surface area contributed by atoms with Gasteiger partial charge in [0, 0.05) is 44.2 Å². The second-order valence-corrected chi connectivity index (χ2v) is 7.95. The van der Waals surface area contributed by atoms with Crippen LogP contribution in [0.2, 0.25) is 0 Å². The minimum absolute atomic E-state index is 0.722. The van der Waals surface area contributed by atoms with Gasteiger partial charge in [-0.1, -0.05) is 29.5 Å². The molecule has 3 aromatic rings. The van der Waals surface area contributed by atoms with Crippen molar-refractivity contribution in [2.24, 2.45) is 11.8 Å². The van der Waals surface area contributed by atoms with E-state index in [2.05, 4.69) is 52.0 Å². The molecule has 2 unspecified atom stereocenters. The highest BCUT2D eigenvalue weighted by Gasteiger charge is 2.41. The summed E-state index contributed by atoms with van der Waals surface area (Å²) in [6.07, 6.45) is 1.89. The van der Waals surface area contributed by atoms with Crippen molar-refractivity contribution >= 4 is 32.5 Å². The molecule has 2 fully saturated rings. The summed E-state index contributed by atoms with van der Waals surface area (Å²) in [7, 11) is 0. The minimum atomic E-state index is 0.722. The van der Waals surface area contributed by atoms with Gasteiger partial charge in [0.1, 0.15) is 5.82 Å². The summed E-state index contributed by atoms with van der Waals surface area (Å²) in [5.74, 6) is 2.56. The van der Waals surface area contributed by atoms with E-state index >= 15 is 0 Å². The lowest BCUT2D eigenvalue weighted by atomic mass is 10.0. The third kappa shape index (κ3) is 2.26. The normalized spacial score (nSPS) is 23.2. The Hall–Kier alpha value is -2.14. The van der Waals surface area contributed by atoms with E-state index in [0.717, 1.165) is 43.8 Å². The highest BCUT2D eigenvalue weighted by Crippen LogP contribution is 2.38. The van der Waals surface area contributed by atoms with Crippen molar-refractivity contribution in [1.29, 1.82) is 0 Å². The zero-order chi connectivity index (χ0) is 16.1. The number of anilines is 2. The molecule has 0 radical (unpaired) electrons. The molecule has 5 heteroatoms. The Morgan fingerprint density at radius 3 is 2.46 bits per heavy atom. The van der Waals surface area contributed by atoms with Gasteiger partial charge in [-0.25, -0.2) is 9.97 Å². The molecule has 0 spiro atoms. The van der Waals surface area contributed by atoms with Gasteiger partial charge in [-0.2, -0.15) is 0 Å². The maximum Gasteiger partial charge on any atom is 0.186 e.